The molecule has 0 saturated carbocycles. The van der Waals surface area contributed by atoms with E-state index in [1.807, 2.05) is 13.1 Å². The molecule has 2 atom stereocenters. The summed E-state index contributed by atoms with van der Waals surface area (Å²) in [7, 11) is 1.88. The van der Waals surface area contributed by atoms with Crippen LogP contribution in [0.2, 0.25) is 0 Å². The molecule has 0 radical (unpaired) electrons. The second-order valence-corrected chi connectivity index (χ2v) is 10.5. The molecule has 184 valence electrons. The van der Waals surface area contributed by atoms with Crippen molar-refractivity contribution in [1.29, 1.82) is 0 Å². The summed E-state index contributed by atoms with van der Waals surface area (Å²) in [4.78, 5) is 25.6. The van der Waals surface area contributed by atoms with E-state index >= 15 is 0 Å². The van der Waals surface area contributed by atoms with Crippen molar-refractivity contribution >= 4 is 22.8 Å². The SMILES string of the molecule is Cn1nc(C(=O)NC2CCN(CCN3CCCC3)CC2)c2ccc(N3C4CCC3COC4)nc21. The van der Waals surface area contributed by atoms with Gasteiger partial charge in [-0.25, -0.2) is 9.67 Å². The van der Waals surface area contributed by atoms with Crippen LogP contribution in [0, 0.1) is 0 Å². The van der Waals surface area contributed by atoms with Crippen molar-refractivity contribution in [3.8, 4) is 0 Å². The van der Waals surface area contributed by atoms with Gasteiger partial charge in [0.1, 0.15) is 5.82 Å². The Labute approximate surface area is 201 Å². The Balaban J connectivity index is 1.08. The van der Waals surface area contributed by atoms with E-state index in [-0.39, 0.29) is 11.9 Å². The fraction of sp³-hybridized carbons (Fsp3) is 0.720. The summed E-state index contributed by atoms with van der Waals surface area (Å²) in [5.74, 6) is 0.890. The van der Waals surface area contributed by atoms with E-state index < -0.39 is 0 Å². The Morgan fingerprint density at radius 2 is 1.68 bits per heavy atom. The van der Waals surface area contributed by atoms with E-state index in [1.165, 1.54) is 32.5 Å². The van der Waals surface area contributed by atoms with Crippen LogP contribution in [-0.2, 0) is 11.8 Å². The minimum absolute atomic E-state index is 0.0814. The molecular weight excluding hydrogens is 430 g/mol. The van der Waals surface area contributed by atoms with E-state index in [2.05, 4.69) is 31.2 Å². The number of ether oxygens (including phenoxy) is 1. The average Bonchev–Trinajstić information content (AvgIpc) is 3.55. The summed E-state index contributed by atoms with van der Waals surface area (Å²) in [6.45, 7) is 8.48. The van der Waals surface area contributed by atoms with Gasteiger partial charge in [0.2, 0.25) is 0 Å². The number of carbonyl (C=O) groups is 1. The van der Waals surface area contributed by atoms with Crippen molar-refractivity contribution < 1.29 is 9.53 Å². The van der Waals surface area contributed by atoms with Crippen molar-refractivity contribution in [2.45, 2.75) is 56.7 Å². The monoisotopic (exact) mass is 467 g/mol. The zero-order chi connectivity index (χ0) is 23.1. The van der Waals surface area contributed by atoms with Crippen LogP contribution < -0.4 is 10.2 Å². The number of carbonyl (C=O) groups excluding carboxylic acids is 1. The molecule has 2 bridgehead atoms. The van der Waals surface area contributed by atoms with Crippen LogP contribution in [-0.4, -0.2) is 101 Å². The number of pyridine rings is 1. The van der Waals surface area contributed by atoms with E-state index in [0.29, 0.717) is 17.8 Å². The number of anilines is 1. The Bertz CT molecular complexity index is 1010. The average molecular weight is 468 g/mol. The Hall–Kier alpha value is -2.23. The molecule has 4 aliphatic rings. The highest BCUT2D eigenvalue weighted by atomic mass is 16.5. The Morgan fingerprint density at radius 1 is 1.00 bits per heavy atom. The maximum atomic E-state index is 13.2. The number of aryl methyl sites for hydroxylation is 1. The normalized spacial score (nSPS) is 26.6. The van der Waals surface area contributed by atoms with Gasteiger partial charge in [0.25, 0.3) is 5.91 Å². The molecule has 2 aromatic heterocycles. The molecule has 4 aliphatic heterocycles. The summed E-state index contributed by atoms with van der Waals surface area (Å²) < 4.78 is 7.47. The van der Waals surface area contributed by atoms with Gasteiger partial charge in [-0.05, 0) is 63.7 Å². The first-order valence-electron chi connectivity index (χ1n) is 13.1. The zero-order valence-electron chi connectivity index (χ0n) is 20.3. The number of hydrogen-bond acceptors (Lipinski definition) is 7. The molecule has 4 saturated heterocycles. The number of hydrogen-bond donors (Lipinski definition) is 1. The summed E-state index contributed by atoms with van der Waals surface area (Å²) in [5.41, 5.74) is 1.25. The second kappa shape index (κ2) is 9.43. The van der Waals surface area contributed by atoms with Crippen LogP contribution in [0.1, 0.15) is 49.0 Å². The van der Waals surface area contributed by atoms with Gasteiger partial charge in [-0.2, -0.15) is 5.10 Å². The van der Waals surface area contributed by atoms with E-state index in [4.69, 9.17) is 9.72 Å². The molecular formula is C25H37N7O2. The van der Waals surface area contributed by atoms with Crippen LogP contribution in [0.15, 0.2) is 12.1 Å². The molecule has 9 nitrogen and oxygen atoms in total. The lowest BCUT2D eigenvalue weighted by molar-refractivity contribution is 0.0902. The molecule has 0 aliphatic carbocycles. The van der Waals surface area contributed by atoms with Crippen LogP contribution in [0.3, 0.4) is 0 Å². The van der Waals surface area contributed by atoms with Crippen molar-refractivity contribution in [2.75, 3.05) is 57.4 Å². The number of aromatic nitrogens is 3. The van der Waals surface area contributed by atoms with Gasteiger partial charge < -0.3 is 24.8 Å². The van der Waals surface area contributed by atoms with Crippen LogP contribution in [0.4, 0.5) is 5.82 Å². The highest BCUT2D eigenvalue weighted by molar-refractivity contribution is 6.04. The highest BCUT2D eigenvalue weighted by Gasteiger charge is 2.38. The lowest BCUT2D eigenvalue weighted by Gasteiger charge is -2.35. The number of morpholine rings is 1. The highest BCUT2D eigenvalue weighted by Crippen LogP contribution is 2.34. The number of rotatable bonds is 6. The standard InChI is InChI=1S/C25H37N7O2/c1-29-24-21(6-7-22(27-24)32-19-4-5-20(32)17-34-16-19)23(28-29)25(33)26-18-8-12-31(13-9-18)15-14-30-10-2-3-11-30/h6-7,18-20H,2-5,8-17H2,1H3,(H,26,33). The number of piperidine rings is 1. The van der Waals surface area contributed by atoms with Crippen molar-refractivity contribution in [3.63, 3.8) is 0 Å². The third-order valence-electron chi connectivity index (χ3n) is 8.25. The van der Waals surface area contributed by atoms with Crippen LogP contribution in [0.5, 0.6) is 0 Å². The molecule has 1 amide bonds. The molecule has 2 aromatic rings. The smallest absolute Gasteiger partial charge is 0.272 e. The Kier molecular flexibility index (Phi) is 6.17. The zero-order valence-corrected chi connectivity index (χ0v) is 20.3. The van der Waals surface area contributed by atoms with Crippen molar-refractivity contribution in [2.24, 2.45) is 7.05 Å². The second-order valence-electron chi connectivity index (χ2n) is 10.5. The first-order chi connectivity index (χ1) is 16.7. The van der Waals surface area contributed by atoms with Gasteiger partial charge in [-0.3, -0.25) is 4.79 Å². The maximum absolute atomic E-state index is 13.2. The van der Waals surface area contributed by atoms with Gasteiger partial charge in [0.05, 0.1) is 30.7 Å². The van der Waals surface area contributed by atoms with E-state index in [0.717, 1.165) is 75.4 Å². The molecule has 2 unspecified atom stereocenters. The summed E-state index contributed by atoms with van der Waals surface area (Å²) >= 11 is 0. The Morgan fingerprint density at radius 3 is 2.38 bits per heavy atom. The molecule has 4 fully saturated rings. The number of amides is 1. The maximum Gasteiger partial charge on any atom is 0.272 e. The number of likely N-dealkylation sites (tertiary alicyclic amines) is 2. The predicted octanol–water partition coefficient (Wildman–Crippen LogP) is 1.63. The van der Waals surface area contributed by atoms with Crippen LogP contribution >= 0.6 is 0 Å². The minimum Gasteiger partial charge on any atom is -0.377 e. The van der Waals surface area contributed by atoms with Gasteiger partial charge in [-0.15, -0.1) is 0 Å². The lowest BCUT2D eigenvalue weighted by Crippen LogP contribution is -2.46. The minimum atomic E-state index is -0.0814. The summed E-state index contributed by atoms with van der Waals surface area (Å²) in [6, 6.07) is 5.09. The molecule has 0 spiro atoms. The summed E-state index contributed by atoms with van der Waals surface area (Å²) in [6.07, 6.45) is 7.00. The third kappa shape index (κ3) is 4.29. The number of nitrogens with zero attached hydrogens (tertiary/aromatic N) is 6. The molecule has 9 heteroatoms. The van der Waals surface area contributed by atoms with Gasteiger partial charge in [-0.1, -0.05) is 0 Å². The van der Waals surface area contributed by atoms with E-state index in [9.17, 15) is 4.79 Å². The first kappa shape index (κ1) is 22.2. The molecule has 34 heavy (non-hydrogen) atoms. The third-order valence-corrected chi connectivity index (χ3v) is 8.25. The van der Waals surface area contributed by atoms with E-state index in [1.54, 1.807) is 4.68 Å². The topological polar surface area (TPSA) is 78.8 Å². The lowest BCUT2D eigenvalue weighted by atomic mass is 10.0. The first-order valence-corrected chi connectivity index (χ1v) is 13.1. The van der Waals surface area contributed by atoms with Crippen molar-refractivity contribution in [3.05, 3.63) is 17.8 Å². The molecule has 6 heterocycles. The quantitative estimate of drug-likeness (QED) is 0.692. The van der Waals surface area contributed by atoms with Gasteiger partial charge in [0.15, 0.2) is 11.3 Å². The van der Waals surface area contributed by atoms with Gasteiger partial charge in [0, 0.05) is 39.3 Å². The molecule has 1 N–H and O–H groups in total. The van der Waals surface area contributed by atoms with Crippen LogP contribution in [0.25, 0.3) is 11.0 Å². The molecule has 0 aromatic carbocycles. The number of nitrogens with one attached hydrogen (secondary N) is 1. The van der Waals surface area contributed by atoms with Crippen molar-refractivity contribution in [1.82, 2.24) is 29.9 Å². The summed E-state index contributed by atoms with van der Waals surface area (Å²) in [5, 5.41) is 8.65. The largest absolute Gasteiger partial charge is 0.377 e. The fourth-order valence-electron chi connectivity index (χ4n) is 6.28. The molecule has 6 rings (SSSR count). The number of fused-ring (bicyclic) bond motifs is 3. The fourth-order valence-corrected chi connectivity index (χ4v) is 6.28. The van der Waals surface area contributed by atoms with Gasteiger partial charge >= 0.3 is 0 Å². The predicted molar refractivity (Wildman–Crippen MR) is 131 cm³/mol.